The van der Waals surface area contributed by atoms with Crippen LogP contribution in [0.4, 0.5) is 39.8 Å². The molecule has 0 heterocycles. The summed E-state index contributed by atoms with van der Waals surface area (Å²) < 4.78 is 39.9. The molecule has 5 rings (SSSR count). The average Bonchev–Trinajstić information content (AvgIpc) is 3.00. The Balaban J connectivity index is 0.00000461. The van der Waals surface area contributed by atoms with E-state index in [-0.39, 0.29) is 57.5 Å². The normalized spacial score (nSPS) is 11.9. The Hall–Kier alpha value is -4.73. The third-order valence-corrected chi connectivity index (χ3v) is 7.18. The predicted molar refractivity (Wildman–Crippen MR) is 163 cm³/mol. The van der Waals surface area contributed by atoms with Crippen molar-refractivity contribution in [2.45, 2.75) is 11.8 Å². The van der Waals surface area contributed by atoms with E-state index in [1.54, 1.807) is 48.5 Å². The number of benzene rings is 5. The number of anilines is 1. The first-order chi connectivity index (χ1) is 21.0. The number of ether oxygens (including phenoxy) is 1. The number of fused-ring (bicyclic) bond motifs is 1. The van der Waals surface area contributed by atoms with Gasteiger partial charge >= 0.3 is 29.6 Å². The smallest absolute Gasteiger partial charge is 0.744 e. The quantitative estimate of drug-likeness (QED) is 0.0887. The molecule has 222 valence electrons. The Morgan fingerprint density at radius 1 is 0.733 bits per heavy atom. The molecule has 0 spiro atoms. The molecule has 4 N–H and O–H groups in total. The molecule has 0 aromatic heterocycles. The van der Waals surface area contributed by atoms with E-state index >= 15 is 0 Å². The Kier molecular flexibility index (Phi) is 10.3. The van der Waals surface area contributed by atoms with Crippen LogP contribution in [-0.2, 0) is 10.1 Å². The van der Waals surface area contributed by atoms with E-state index < -0.39 is 20.8 Å². The van der Waals surface area contributed by atoms with Gasteiger partial charge < -0.3 is 25.2 Å². The molecule has 0 saturated carbocycles. The Labute approximate surface area is 279 Å². The minimum atomic E-state index is -4.79. The average molecular weight is 634 g/mol. The van der Waals surface area contributed by atoms with E-state index in [0.29, 0.717) is 39.7 Å². The summed E-state index contributed by atoms with van der Waals surface area (Å²) in [6.07, 6.45) is 0. The van der Waals surface area contributed by atoms with E-state index in [0.717, 1.165) is 12.1 Å². The van der Waals surface area contributed by atoms with Crippen molar-refractivity contribution in [1.82, 2.24) is 0 Å². The molecule has 45 heavy (non-hydrogen) atoms. The number of phenols is 2. The van der Waals surface area contributed by atoms with Crippen LogP contribution >= 0.6 is 0 Å². The number of nitrogen functional groups attached to an aromatic ring is 1. The topological polar surface area (TPSA) is 207 Å². The molecule has 5 aromatic rings. The molecule has 0 unspecified atom stereocenters. The Morgan fingerprint density at radius 2 is 1.29 bits per heavy atom. The second-order valence-electron chi connectivity index (χ2n) is 9.44. The summed E-state index contributed by atoms with van der Waals surface area (Å²) in [6.45, 7) is 1.81. The first-order valence-corrected chi connectivity index (χ1v) is 14.3. The van der Waals surface area contributed by atoms with E-state index in [4.69, 9.17) is 10.5 Å². The van der Waals surface area contributed by atoms with Gasteiger partial charge in [-0.05, 0) is 90.7 Å². The number of hydrogen-bond donors (Lipinski definition) is 3. The van der Waals surface area contributed by atoms with Crippen LogP contribution in [0.2, 0.25) is 0 Å². The largest absolute Gasteiger partial charge is 1.00 e. The summed E-state index contributed by atoms with van der Waals surface area (Å²) >= 11 is 0. The van der Waals surface area contributed by atoms with E-state index in [1.807, 2.05) is 6.92 Å². The molecule has 0 aliphatic rings. The van der Waals surface area contributed by atoms with Gasteiger partial charge in [0.15, 0.2) is 0 Å². The van der Waals surface area contributed by atoms with Crippen molar-refractivity contribution in [3.8, 4) is 17.2 Å². The molecule has 0 aliphatic carbocycles. The van der Waals surface area contributed by atoms with Gasteiger partial charge in [-0.25, -0.2) is 8.42 Å². The van der Waals surface area contributed by atoms with Gasteiger partial charge in [-0.2, -0.15) is 20.5 Å². The zero-order chi connectivity index (χ0) is 31.4. The van der Waals surface area contributed by atoms with Gasteiger partial charge in [0, 0.05) is 6.07 Å². The number of nitrogens with zero attached hydrogens (tertiary/aromatic N) is 6. The number of nitrogens with two attached hydrogens (primary N) is 1. The summed E-state index contributed by atoms with van der Waals surface area (Å²) in [4.78, 5) is -0.579. The molecule has 0 radical (unpaired) electrons. The number of aryl methyl sites for hydroxylation is 1. The van der Waals surface area contributed by atoms with Crippen LogP contribution in [0.15, 0.2) is 121 Å². The van der Waals surface area contributed by atoms with Gasteiger partial charge in [0.05, 0.1) is 45.8 Å². The number of aromatic hydroxyl groups is 2. The predicted octanol–water partition coefficient (Wildman–Crippen LogP) is 5.30. The maximum Gasteiger partial charge on any atom is 1.00 e. The number of rotatable bonds is 8. The van der Waals surface area contributed by atoms with Gasteiger partial charge in [0.2, 0.25) is 0 Å². The number of methoxy groups -OCH3 is 1. The van der Waals surface area contributed by atoms with Crippen molar-refractivity contribution in [3.05, 3.63) is 90.5 Å². The number of azo groups is 3. The van der Waals surface area contributed by atoms with E-state index in [1.165, 1.54) is 31.4 Å². The fraction of sp³-hybridized carbons (Fsp3) is 0.0667. The molecule has 15 heteroatoms. The molecular formula is C30H24N7NaO6S. The SMILES string of the molecule is COc1cc(N=Nc2ccc(N=Nc3ccc(O)cc3)cc2)c(C)cc1N=Nc1c(N)ccc2cc(S(=O)(=O)[O-])cc(O)c12.[Na+]. The fourth-order valence-corrected chi connectivity index (χ4v) is 4.64. The first-order valence-electron chi connectivity index (χ1n) is 12.9. The molecule has 0 bridgehead atoms. The van der Waals surface area contributed by atoms with Crippen LogP contribution in [0.1, 0.15) is 5.56 Å². The Morgan fingerprint density at radius 3 is 1.87 bits per heavy atom. The van der Waals surface area contributed by atoms with Crippen molar-refractivity contribution >= 4 is 60.7 Å². The van der Waals surface area contributed by atoms with Crippen molar-refractivity contribution < 1.29 is 57.5 Å². The van der Waals surface area contributed by atoms with Crippen LogP contribution in [0.5, 0.6) is 17.2 Å². The van der Waals surface area contributed by atoms with Crippen LogP contribution < -0.4 is 40.0 Å². The van der Waals surface area contributed by atoms with Crippen LogP contribution in [0.25, 0.3) is 10.8 Å². The third-order valence-electron chi connectivity index (χ3n) is 6.37. The van der Waals surface area contributed by atoms with Crippen molar-refractivity contribution in [2.75, 3.05) is 12.8 Å². The van der Waals surface area contributed by atoms with Crippen molar-refractivity contribution in [3.63, 3.8) is 0 Å². The molecule has 0 atom stereocenters. The maximum absolute atomic E-state index is 11.5. The van der Waals surface area contributed by atoms with Crippen molar-refractivity contribution in [1.29, 1.82) is 0 Å². The zero-order valence-corrected chi connectivity index (χ0v) is 27.1. The summed E-state index contributed by atoms with van der Waals surface area (Å²) in [7, 11) is -3.34. The van der Waals surface area contributed by atoms with E-state index in [2.05, 4.69) is 30.7 Å². The van der Waals surface area contributed by atoms with Gasteiger partial charge in [-0.15, -0.1) is 10.2 Å². The van der Waals surface area contributed by atoms with Gasteiger partial charge in [0.1, 0.15) is 38.7 Å². The summed E-state index contributed by atoms with van der Waals surface area (Å²) in [5.41, 5.74) is 9.71. The monoisotopic (exact) mass is 633 g/mol. The third kappa shape index (κ3) is 7.87. The minimum Gasteiger partial charge on any atom is -0.744 e. The molecular weight excluding hydrogens is 609 g/mol. The van der Waals surface area contributed by atoms with Crippen LogP contribution in [-0.4, -0.2) is 30.3 Å². The van der Waals surface area contributed by atoms with Crippen LogP contribution in [0.3, 0.4) is 0 Å². The molecule has 0 saturated heterocycles. The number of hydrogen-bond acceptors (Lipinski definition) is 13. The molecule has 0 fully saturated rings. The molecule has 5 aromatic carbocycles. The van der Waals surface area contributed by atoms with Crippen molar-refractivity contribution in [2.24, 2.45) is 30.7 Å². The molecule has 13 nitrogen and oxygen atoms in total. The summed E-state index contributed by atoms with van der Waals surface area (Å²) in [5.74, 6) is 0.00354. The maximum atomic E-state index is 11.5. The molecule has 0 aliphatic heterocycles. The van der Waals surface area contributed by atoms with Gasteiger partial charge in [-0.3, -0.25) is 0 Å². The zero-order valence-electron chi connectivity index (χ0n) is 24.3. The van der Waals surface area contributed by atoms with Gasteiger partial charge in [-0.1, -0.05) is 6.07 Å². The fourth-order valence-electron chi connectivity index (χ4n) is 4.11. The van der Waals surface area contributed by atoms with Gasteiger partial charge in [0.25, 0.3) is 0 Å². The van der Waals surface area contributed by atoms with E-state index in [9.17, 15) is 23.2 Å². The summed E-state index contributed by atoms with van der Waals surface area (Å²) in [5, 5.41) is 45.7. The summed E-state index contributed by atoms with van der Waals surface area (Å²) in [6, 6.07) is 21.6. The van der Waals surface area contributed by atoms with Crippen LogP contribution in [0, 0.1) is 6.92 Å². The minimum absolute atomic E-state index is 0. The molecule has 0 amide bonds. The number of phenolic OH excluding ortho intramolecular Hbond substituents is 2. The second kappa shape index (κ2) is 13.9. The Bertz CT molecular complexity index is 2070. The first kappa shape index (κ1) is 33.2. The second-order valence-corrected chi connectivity index (χ2v) is 10.8. The standard InChI is InChI=1S/C30H25N7O6S.Na/c1-17-13-26(36-37-30-24(31)12-3-18-14-23(44(40,41)42)15-27(39)29(18)30)28(43-2)16-25(17)35-34-20-6-4-19(5-7-20)32-33-21-8-10-22(38)11-9-21;/h3-16,38-39H,31H2,1-2H3,(H,40,41,42);/q;+1/p-1.